The number of nitrogens with zero attached hydrogens (tertiary/aromatic N) is 4. The molecule has 3 aromatic rings. The van der Waals surface area contributed by atoms with E-state index in [4.69, 9.17) is 0 Å². The van der Waals surface area contributed by atoms with Gasteiger partial charge in [0.05, 0.1) is 5.69 Å². The van der Waals surface area contributed by atoms with Crippen LogP contribution in [-0.2, 0) is 5.75 Å². The number of tetrazole rings is 1. The quantitative estimate of drug-likeness (QED) is 0.675. The molecule has 4 nitrogen and oxygen atoms in total. The zero-order valence-corrected chi connectivity index (χ0v) is 14.7. The first kappa shape index (κ1) is 15.7. The first-order chi connectivity index (χ1) is 11.1. The van der Waals surface area contributed by atoms with Crippen LogP contribution in [0.5, 0.6) is 0 Å². The summed E-state index contributed by atoms with van der Waals surface area (Å²) in [5, 5.41) is 13.1. The summed E-state index contributed by atoms with van der Waals surface area (Å²) in [4.78, 5) is 0. The second-order valence-electron chi connectivity index (χ2n) is 5.83. The lowest BCUT2D eigenvalue weighted by molar-refractivity contribution is 0.747. The monoisotopic (exact) mass is 324 g/mol. The van der Waals surface area contributed by atoms with Crippen LogP contribution >= 0.6 is 11.8 Å². The Morgan fingerprint density at radius 3 is 2.43 bits per heavy atom. The van der Waals surface area contributed by atoms with Gasteiger partial charge in [-0.25, -0.2) is 0 Å². The van der Waals surface area contributed by atoms with Crippen molar-refractivity contribution in [2.75, 3.05) is 0 Å². The maximum atomic E-state index is 4.21. The molecule has 0 atom stereocenters. The highest BCUT2D eigenvalue weighted by molar-refractivity contribution is 7.98. The zero-order chi connectivity index (χ0) is 16.4. The number of aryl methyl sites for hydroxylation is 4. The van der Waals surface area contributed by atoms with Crippen LogP contribution in [0.25, 0.3) is 5.69 Å². The molecule has 0 N–H and O–H groups in total. The highest BCUT2D eigenvalue weighted by Gasteiger charge is 2.13. The van der Waals surface area contributed by atoms with Crippen LogP contribution in [0.15, 0.2) is 41.6 Å². The predicted octanol–water partition coefficient (Wildman–Crippen LogP) is 4.19. The molecule has 5 heteroatoms. The van der Waals surface area contributed by atoms with E-state index >= 15 is 0 Å². The predicted molar refractivity (Wildman–Crippen MR) is 94.1 cm³/mol. The molecule has 0 amide bonds. The molecule has 118 valence electrons. The third-order valence-corrected chi connectivity index (χ3v) is 4.92. The van der Waals surface area contributed by atoms with Crippen LogP contribution in [0.1, 0.15) is 27.8 Å². The van der Waals surface area contributed by atoms with Crippen molar-refractivity contribution in [3.63, 3.8) is 0 Å². The van der Waals surface area contributed by atoms with Gasteiger partial charge in [0.15, 0.2) is 0 Å². The minimum Gasteiger partial charge on any atom is -0.187 e. The Labute approximate surface area is 140 Å². The lowest BCUT2D eigenvalue weighted by Crippen LogP contribution is -2.04. The van der Waals surface area contributed by atoms with Gasteiger partial charge in [-0.2, -0.15) is 4.68 Å². The number of hydrogen-bond donors (Lipinski definition) is 0. The van der Waals surface area contributed by atoms with Crippen molar-refractivity contribution in [1.82, 2.24) is 20.2 Å². The number of rotatable bonds is 4. The molecule has 0 aliphatic rings. The van der Waals surface area contributed by atoms with Crippen LogP contribution in [0.2, 0.25) is 0 Å². The molecule has 23 heavy (non-hydrogen) atoms. The van der Waals surface area contributed by atoms with Crippen molar-refractivity contribution in [3.05, 3.63) is 64.2 Å². The van der Waals surface area contributed by atoms with Crippen molar-refractivity contribution in [3.8, 4) is 5.69 Å². The highest BCUT2D eigenvalue weighted by atomic mass is 32.2. The largest absolute Gasteiger partial charge is 0.214 e. The van der Waals surface area contributed by atoms with E-state index in [-0.39, 0.29) is 0 Å². The minimum absolute atomic E-state index is 0.823. The van der Waals surface area contributed by atoms with Gasteiger partial charge in [-0.15, -0.1) is 5.10 Å². The molecule has 0 bridgehead atoms. The molecular weight excluding hydrogens is 304 g/mol. The van der Waals surface area contributed by atoms with Gasteiger partial charge in [-0.3, -0.25) is 0 Å². The Balaban J connectivity index is 1.89. The van der Waals surface area contributed by atoms with Crippen LogP contribution < -0.4 is 0 Å². The summed E-state index contributed by atoms with van der Waals surface area (Å²) in [5.74, 6) is 0.860. The summed E-state index contributed by atoms with van der Waals surface area (Å²) in [6, 6.07) is 12.8. The van der Waals surface area contributed by atoms with Gasteiger partial charge < -0.3 is 0 Å². The van der Waals surface area contributed by atoms with Gasteiger partial charge in [-0.1, -0.05) is 53.7 Å². The van der Waals surface area contributed by atoms with E-state index < -0.39 is 0 Å². The van der Waals surface area contributed by atoms with E-state index in [0.717, 1.165) is 16.6 Å². The molecule has 0 fully saturated rings. The molecule has 1 aromatic heterocycles. The van der Waals surface area contributed by atoms with E-state index in [1.54, 1.807) is 11.8 Å². The second-order valence-corrected chi connectivity index (χ2v) is 6.77. The smallest absolute Gasteiger partial charge is 0.187 e. The fraction of sp³-hybridized carbons (Fsp3) is 0.278. The number of para-hydroxylation sites is 1. The van der Waals surface area contributed by atoms with Crippen molar-refractivity contribution in [2.24, 2.45) is 0 Å². The lowest BCUT2D eigenvalue weighted by atomic mass is 10.1. The molecular formula is C18H20N4S. The number of aromatic nitrogens is 4. The molecule has 0 radical (unpaired) electrons. The fourth-order valence-electron chi connectivity index (χ4n) is 2.65. The number of thioether (sulfide) groups is 1. The van der Waals surface area contributed by atoms with Crippen LogP contribution in [0.3, 0.4) is 0 Å². The maximum Gasteiger partial charge on any atom is 0.214 e. The summed E-state index contributed by atoms with van der Waals surface area (Å²) < 4.78 is 1.85. The van der Waals surface area contributed by atoms with Crippen LogP contribution in [-0.4, -0.2) is 20.2 Å². The molecule has 0 spiro atoms. The first-order valence-corrected chi connectivity index (χ1v) is 8.58. The molecule has 0 unspecified atom stereocenters. The Bertz CT molecular complexity index is 819. The topological polar surface area (TPSA) is 43.6 Å². The summed E-state index contributed by atoms with van der Waals surface area (Å²) in [5.41, 5.74) is 7.32. The Morgan fingerprint density at radius 2 is 1.70 bits per heavy atom. The van der Waals surface area contributed by atoms with Gasteiger partial charge in [0, 0.05) is 5.75 Å². The molecule has 0 aliphatic heterocycles. The van der Waals surface area contributed by atoms with E-state index in [9.17, 15) is 0 Å². The van der Waals surface area contributed by atoms with E-state index in [2.05, 4.69) is 79.6 Å². The third-order valence-electron chi connectivity index (χ3n) is 3.95. The van der Waals surface area contributed by atoms with E-state index in [1.807, 2.05) is 4.68 Å². The molecule has 0 saturated carbocycles. The van der Waals surface area contributed by atoms with Crippen molar-refractivity contribution in [1.29, 1.82) is 0 Å². The van der Waals surface area contributed by atoms with Crippen molar-refractivity contribution >= 4 is 11.8 Å². The van der Waals surface area contributed by atoms with Gasteiger partial charge >= 0.3 is 0 Å². The summed E-state index contributed by atoms with van der Waals surface area (Å²) in [6.45, 7) is 8.44. The number of benzene rings is 2. The SMILES string of the molecule is Cc1ccc(C)c(CSc2nnnn2-c2c(C)cccc2C)c1. The first-order valence-electron chi connectivity index (χ1n) is 7.60. The van der Waals surface area contributed by atoms with Crippen LogP contribution in [0.4, 0.5) is 0 Å². The van der Waals surface area contributed by atoms with Gasteiger partial charge in [-0.05, 0) is 60.4 Å². The zero-order valence-electron chi connectivity index (χ0n) is 13.9. The average Bonchev–Trinajstić information content (AvgIpc) is 2.96. The molecule has 2 aromatic carbocycles. The number of hydrogen-bond acceptors (Lipinski definition) is 4. The maximum absolute atomic E-state index is 4.21. The summed E-state index contributed by atoms with van der Waals surface area (Å²) in [6.07, 6.45) is 0. The van der Waals surface area contributed by atoms with Crippen molar-refractivity contribution < 1.29 is 0 Å². The fourth-order valence-corrected chi connectivity index (χ4v) is 3.59. The van der Waals surface area contributed by atoms with E-state index in [1.165, 1.54) is 27.8 Å². The van der Waals surface area contributed by atoms with Gasteiger partial charge in [0.2, 0.25) is 5.16 Å². The average molecular weight is 324 g/mol. The van der Waals surface area contributed by atoms with Crippen molar-refractivity contribution in [2.45, 2.75) is 38.6 Å². The summed E-state index contributed by atoms with van der Waals surface area (Å²) >= 11 is 1.67. The van der Waals surface area contributed by atoms with E-state index in [0.29, 0.717) is 0 Å². The van der Waals surface area contributed by atoms with Gasteiger partial charge in [0.1, 0.15) is 0 Å². The Kier molecular flexibility index (Phi) is 4.48. The third kappa shape index (κ3) is 3.29. The normalized spacial score (nSPS) is 11.0. The van der Waals surface area contributed by atoms with Gasteiger partial charge in [0.25, 0.3) is 0 Å². The molecule has 0 saturated heterocycles. The standard InChI is InChI=1S/C18H20N4S/c1-12-8-9-13(2)16(10-12)11-23-18-19-20-21-22(18)17-14(3)6-5-7-15(17)4/h5-10H,11H2,1-4H3. The molecule has 0 aliphatic carbocycles. The molecule has 3 rings (SSSR count). The minimum atomic E-state index is 0.823. The summed E-state index contributed by atoms with van der Waals surface area (Å²) in [7, 11) is 0. The Hall–Kier alpha value is -2.14. The van der Waals surface area contributed by atoms with Crippen LogP contribution in [0, 0.1) is 27.7 Å². The Morgan fingerprint density at radius 1 is 0.957 bits per heavy atom. The molecule has 1 heterocycles. The highest BCUT2D eigenvalue weighted by Crippen LogP contribution is 2.27. The lowest BCUT2D eigenvalue weighted by Gasteiger charge is -2.11. The second kappa shape index (κ2) is 6.54.